The molecule has 0 fully saturated rings. The number of fused-ring (bicyclic) bond motifs is 1. The zero-order chi connectivity index (χ0) is 18.9. The molecule has 3 nitrogen and oxygen atoms in total. The Morgan fingerprint density at radius 1 is 0.536 bits per heavy atom. The van der Waals surface area contributed by atoms with Crippen molar-refractivity contribution in [2.75, 3.05) is 0 Å². The van der Waals surface area contributed by atoms with Gasteiger partial charge < -0.3 is 29.7 Å². The molecular weight excluding hydrogens is 690 g/mol. The Morgan fingerprint density at radius 3 is 0.893 bits per heavy atom. The van der Waals surface area contributed by atoms with Crippen LogP contribution in [0, 0.1) is 60.8 Å². The molecular formula is C10H17F12N3P2U-4. The average molecular weight is 707 g/mol. The first-order valence-corrected chi connectivity index (χ1v) is 8.81. The number of H-pyrrole nitrogens is 1. The molecule has 18 heteroatoms. The second-order valence-electron chi connectivity index (χ2n) is 3.73. The van der Waals surface area contributed by atoms with E-state index in [9.17, 15) is 50.4 Å². The van der Waals surface area contributed by atoms with E-state index in [1.165, 1.54) is 0 Å². The number of aromatic amines is 1. The molecule has 2 rings (SSSR count). The molecule has 0 saturated carbocycles. The van der Waals surface area contributed by atoms with Crippen LogP contribution >= 0.6 is 15.6 Å². The van der Waals surface area contributed by atoms with Crippen LogP contribution < -0.4 is 0 Å². The summed E-state index contributed by atoms with van der Waals surface area (Å²) < 4.78 is 118. The summed E-state index contributed by atoms with van der Waals surface area (Å²) in [5.74, 6) is 0. The zero-order valence-corrected chi connectivity index (χ0v) is 20.6. The molecule has 1 N–H and O–H groups in total. The summed E-state index contributed by atoms with van der Waals surface area (Å²) in [6.45, 7) is 0. The molecule has 2 aromatic rings. The predicted octanol–water partition coefficient (Wildman–Crippen LogP) is 9.52. The van der Waals surface area contributed by atoms with Gasteiger partial charge in [0.15, 0.2) is 0 Å². The van der Waals surface area contributed by atoms with Gasteiger partial charge in [-0.2, -0.15) is 15.4 Å². The van der Waals surface area contributed by atoms with Crippen LogP contribution in [0.25, 0.3) is 11.0 Å². The maximum atomic E-state index is 9.87. The van der Waals surface area contributed by atoms with Gasteiger partial charge in [-0.1, -0.05) is 12.1 Å². The summed E-state index contributed by atoms with van der Waals surface area (Å²) in [6.07, 6.45) is 0. The Balaban J connectivity index is -0.0000000604. The molecule has 28 heavy (non-hydrogen) atoms. The second-order valence-corrected chi connectivity index (χ2v) is 7.56. The van der Waals surface area contributed by atoms with Crippen LogP contribution in [0.5, 0.6) is 0 Å². The molecule has 0 atom stereocenters. The van der Waals surface area contributed by atoms with Crippen LogP contribution in [0.2, 0.25) is 0 Å². The smallest absolute Gasteiger partial charge is 0.358 e. The third-order valence-corrected chi connectivity index (χ3v) is 1.22. The van der Waals surface area contributed by atoms with Crippen molar-refractivity contribution in [3.63, 3.8) is 0 Å². The van der Waals surface area contributed by atoms with E-state index in [0.717, 1.165) is 11.0 Å². The molecule has 1 heterocycles. The fourth-order valence-electron chi connectivity index (χ4n) is 0.786. The molecule has 0 saturated heterocycles. The third kappa shape index (κ3) is 56.2. The van der Waals surface area contributed by atoms with Gasteiger partial charge in [0.05, 0.1) is 0 Å². The normalized spacial score (nSPS) is 14.9. The van der Waals surface area contributed by atoms with Crippen molar-refractivity contribution in [1.29, 1.82) is 0 Å². The molecule has 0 amide bonds. The van der Waals surface area contributed by atoms with E-state index in [1.54, 1.807) is 0 Å². The first-order chi connectivity index (χ1) is 9.37. The van der Waals surface area contributed by atoms with Crippen LogP contribution in [-0.4, -0.2) is 15.4 Å². The molecule has 1 aromatic heterocycles. The standard InChI is InChI=1S/C6H5N3.4CH3.2F6P.U/c1-2-4-6-5(3-1)7-9-8-6;;;;;2*1-7(2,3,4,5)6;/h1-4H,(H,7,8,9);4*1H3;;;/q;6*-1;+2. The van der Waals surface area contributed by atoms with E-state index in [4.69, 9.17) is 0 Å². The van der Waals surface area contributed by atoms with Gasteiger partial charge in [0.1, 0.15) is 11.0 Å². The van der Waals surface area contributed by atoms with Crippen molar-refractivity contribution in [2.45, 2.75) is 0 Å². The Bertz CT molecular complexity index is 599. The number of rotatable bonds is 0. The van der Waals surface area contributed by atoms with E-state index < -0.39 is 15.6 Å². The Hall–Kier alpha value is -0.308. The molecule has 174 valence electrons. The molecule has 1 aromatic carbocycles. The van der Waals surface area contributed by atoms with Gasteiger partial charge in [0.25, 0.3) is 0 Å². The molecule has 0 aliphatic carbocycles. The molecule has 0 aliphatic heterocycles. The first kappa shape index (κ1) is 41.9. The minimum absolute atomic E-state index is 0. The van der Waals surface area contributed by atoms with Gasteiger partial charge in [-0.25, -0.2) is 0 Å². The number of hydrogen-bond acceptors (Lipinski definition) is 2. The molecule has 0 spiro atoms. The number of nitrogens with one attached hydrogen (secondary N) is 1. The fraction of sp³-hybridized carbons (Fsp3) is 0. The number of benzene rings is 1. The first-order valence-electron chi connectivity index (χ1n) is 4.75. The van der Waals surface area contributed by atoms with Crippen molar-refractivity contribution >= 4 is 26.7 Å². The van der Waals surface area contributed by atoms with E-state index in [0.29, 0.717) is 0 Å². The van der Waals surface area contributed by atoms with Crippen LogP contribution in [-0.2, 0) is 0 Å². The van der Waals surface area contributed by atoms with Crippen molar-refractivity contribution in [3.05, 3.63) is 54.0 Å². The number of para-hydroxylation sites is 2. The zero-order valence-electron chi connectivity index (χ0n) is 14.6. The number of nitrogens with zero attached hydrogens (tertiary/aromatic N) is 2. The molecule has 0 unspecified atom stereocenters. The van der Waals surface area contributed by atoms with Crippen molar-refractivity contribution in [2.24, 2.45) is 0 Å². The van der Waals surface area contributed by atoms with Crippen molar-refractivity contribution in [1.82, 2.24) is 15.4 Å². The number of halogens is 12. The summed E-state index contributed by atoms with van der Waals surface area (Å²) in [5, 5.41) is 10.3. The molecule has 0 bridgehead atoms. The number of aromatic nitrogens is 3. The Kier molecular flexibility index (Phi) is 14.5. The van der Waals surface area contributed by atoms with Crippen LogP contribution in [0.1, 0.15) is 0 Å². The van der Waals surface area contributed by atoms with E-state index in [-0.39, 0.29) is 60.8 Å². The van der Waals surface area contributed by atoms with E-state index in [1.807, 2.05) is 24.3 Å². The predicted molar refractivity (Wildman–Crippen MR) is 86.7 cm³/mol. The minimum Gasteiger partial charge on any atom is -0.358 e. The monoisotopic (exact) mass is 707 g/mol. The van der Waals surface area contributed by atoms with Gasteiger partial charge in [0, 0.05) is 0 Å². The largest absolute Gasteiger partial charge is 2.00 e. The number of hydrogen-bond donors (Lipinski definition) is 1. The van der Waals surface area contributed by atoms with Crippen LogP contribution in [0.15, 0.2) is 24.3 Å². The van der Waals surface area contributed by atoms with Crippen molar-refractivity contribution in [3.8, 4) is 0 Å². The minimum atomic E-state index is -10.7. The summed E-state index contributed by atoms with van der Waals surface area (Å²) in [7, 11) is -21.3. The van der Waals surface area contributed by atoms with E-state index >= 15 is 0 Å². The SMILES string of the molecule is F[P-](F)(F)(F)(F)F.F[P-](F)(F)(F)(F)F.[CH3-].[CH3-].[CH3-].[CH3-].[U+2].c1ccc2n[nH]nc2c1. The van der Waals surface area contributed by atoms with Gasteiger partial charge >= 0.3 is 97.1 Å². The summed E-state index contributed by atoms with van der Waals surface area (Å²) in [6, 6.07) is 7.70. The summed E-state index contributed by atoms with van der Waals surface area (Å²) >= 11 is 0. The van der Waals surface area contributed by atoms with Gasteiger partial charge in [-0.3, -0.25) is 0 Å². The van der Waals surface area contributed by atoms with Gasteiger partial charge in [-0.05, 0) is 12.1 Å². The molecule has 0 radical (unpaired) electrons. The molecule has 0 aliphatic rings. The maximum Gasteiger partial charge on any atom is 2.00 e. The Labute approximate surface area is 177 Å². The van der Waals surface area contributed by atoms with E-state index in [2.05, 4.69) is 15.4 Å². The summed E-state index contributed by atoms with van der Waals surface area (Å²) in [5.41, 5.74) is 1.83. The van der Waals surface area contributed by atoms with Crippen LogP contribution in [0.4, 0.5) is 50.4 Å². The van der Waals surface area contributed by atoms with Crippen molar-refractivity contribution < 1.29 is 81.5 Å². The van der Waals surface area contributed by atoms with Gasteiger partial charge in [-0.15, -0.1) is 0 Å². The second kappa shape index (κ2) is 9.67. The average Bonchev–Trinajstić information content (AvgIpc) is 2.53. The Morgan fingerprint density at radius 2 is 0.714 bits per heavy atom. The quantitative estimate of drug-likeness (QED) is 0.169. The van der Waals surface area contributed by atoms with Gasteiger partial charge in [0.2, 0.25) is 0 Å². The maximum absolute atomic E-state index is 10.7. The third-order valence-electron chi connectivity index (χ3n) is 1.22. The topological polar surface area (TPSA) is 41.6 Å². The summed E-state index contributed by atoms with van der Waals surface area (Å²) in [4.78, 5) is 0. The fourth-order valence-corrected chi connectivity index (χ4v) is 0.786. The van der Waals surface area contributed by atoms with Crippen LogP contribution in [0.3, 0.4) is 0 Å².